The monoisotopic (exact) mass is 447 g/mol. The fourth-order valence-corrected chi connectivity index (χ4v) is 4.14. The lowest BCUT2D eigenvalue weighted by Crippen LogP contribution is -2.30. The van der Waals surface area contributed by atoms with Crippen LogP contribution in [-0.4, -0.2) is 23.0 Å². The van der Waals surface area contributed by atoms with Gasteiger partial charge in [-0.2, -0.15) is 0 Å². The Kier molecular flexibility index (Phi) is 6.49. The molecule has 0 aliphatic rings. The molecule has 0 fully saturated rings. The predicted molar refractivity (Wildman–Crippen MR) is 129 cm³/mol. The van der Waals surface area contributed by atoms with E-state index in [2.05, 4.69) is 29.1 Å². The number of para-hydroxylation sites is 2. The van der Waals surface area contributed by atoms with E-state index in [9.17, 15) is 9.59 Å². The fraction of sp³-hybridized carbons (Fsp3) is 0.346. The Morgan fingerprint density at radius 3 is 2.73 bits per heavy atom. The zero-order valence-electron chi connectivity index (χ0n) is 19.4. The predicted octanol–water partition coefficient (Wildman–Crippen LogP) is 4.82. The van der Waals surface area contributed by atoms with Gasteiger partial charge in [0.15, 0.2) is 0 Å². The minimum Gasteiger partial charge on any atom is -0.496 e. The van der Waals surface area contributed by atoms with Crippen molar-refractivity contribution in [2.24, 2.45) is 5.92 Å². The van der Waals surface area contributed by atoms with Crippen molar-refractivity contribution in [3.05, 3.63) is 69.8 Å². The number of imidazole rings is 1. The summed E-state index contributed by atoms with van der Waals surface area (Å²) in [4.78, 5) is 32.6. The van der Waals surface area contributed by atoms with E-state index < -0.39 is 5.63 Å². The number of carbonyl (C=O) groups is 1. The molecular formula is C26H29N3O4. The lowest BCUT2D eigenvalue weighted by atomic mass is 10.0. The number of amides is 1. The molecule has 2 heterocycles. The molecule has 0 saturated heterocycles. The van der Waals surface area contributed by atoms with Crippen LogP contribution in [0.4, 0.5) is 0 Å². The van der Waals surface area contributed by atoms with Gasteiger partial charge in [0, 0.05) is 23.9 Å². The summed E-state index contributed by atoms with van der Waals surface area (Å²) < 4.78 is 10.8. The van der Waals surface area contributed by atoms with Gasteiger partial charge < -0.3 is 19.5 Å². The third-order valence-electron chi connectivity index (χ3n) is 5.75. The van der Waals surface area contributed by atoms with E-state index in [0.717, 1.165) is 39.8 Å². The summed E-state index contributed by atoms with van der Waals surface area (Å²) in [5, 5.41) is 3.99. The molecule has 0 spiro atoms. The lowest BCUT2D eigenvalue weighted by molar-refractivity contribution is -0.122. The highest BCUT2D eigenvalue weighted by Gasteiger charge is 2.20. The van der Waals surface area contributed by atoms with E-state index in [1.54, 1.807) is 13.2 Å². The number of H-pyrrole nitrogens is 1. The van der Waals surface area contributed by atoms with Crippen LogP contribution in [-0.2, 0) is 11.2 Å². The number of nitrogens with zero attached hydrogens (tertiary/aromatic N) is 1. The van der Waals surface area contributed by atoms with Crippen LogP contribution in [0.25, 0.3) is 22.0 Å². The maximum absolute atomic E-state index is 12.9. The largest absolute Gasteiger partial charge is 0.496 e. The number of aromatic amines is 1. The molecule has 33 heavy (non-hydrogen) atoms. The molecule has 2 aromatic carbocycles. The highest BCUT2D eigenvalue weighted by Crippen LogP contribution is 2.28. The van der Waals surface area contributed by atoms with Crippen LogP contribution < -0.4 is 15.7 Å². The van der Waals surface area contributed by atoms with E-state index in [1.165, 1.54) is 6.07 Å². The van der Waals surface area contributed by atoms with Crippen LogP contribution in [0.3, 0.4) is 0 Å². The average molecular weight is 448 g/mol. The topological polar surface area (TPSA) is 97.2 Å². The van der Waals surface area contributed by atoms with Crippen molar-refractivity contribution in [2.75, 3.05) is 7.11 Å². The Bertz CT molecular complexity index is 1320. The molecule has 7 nitrogen and oxygen atoms in total. The smallest absolute Gasteiger partial charge is 0.336 e. The first-order valence-electron chi connectivity index (χ1n) is 11.2. The maximum atomic E-state index is 12.9. The Balaban J connectivity index is 1.52. The van der Waals surface area contributed by atoms with Gasteiger partial charge in [-0.1, -0.05) is 26.0 Å². The number of fused-ring (bicyclic) bond motifs is 2. The summed E-state index contributed by atoms with van der Waals surface area (Å²) in [5.74, 6) is 1.70. The van der Waals surface area contributed by atoms with Crippen molar-refractivity contribution in [1.29, 1.82) is 0 Å². The summed E-state index contributed by atoms with van der Waals surface area (Å²) in [6, 6.07) is 12.8. The minimum absolute atomic E-state index is 0.0560. The van der Waals surface area contributed by atoms with Crippen LogP contribution in [0.2, 0.25) is 0 Å². The number of rotatable bonds is 8. The summed E-state index contributed by atoms with van der Waals surface area (Å²) in [7, 11) is 1.57. The van der Waals surface area contributed by atoms with Gasteiger partial charge in [0.05, 0.1) is 24.2 Å². The molecule has 0 radical (unpaired) electrons. The Labute approximate surface area is 192 Å². The van der Waals surface area contributed by atoms with Crippen LogP contribution in [0, 0.1) is 12.8 Å². The Morgan fingerprint density at radius 2 is 2.00 bits per heavy atom. The van der Waals surface area contributed by atoms with Crippen molar-refractivity contribution in [2.45, 2.75) is 46.1 Å². The number of hydrogen-bond donors (Lipinski definition) is 2. The highest BCUT2D eigenvalue weighted by atomic mass is 16.5. The fourth-order valence-electron chi connectivity index (χ4n) is 4.14. The van der Waals surface area contributed by atoms with Gasteiger partial charge in [-0.05, 0) is 55.0 Å². The Hall–Kier alpha value is -3.61. The number of nitrogens with one attached hydrogen (secondary N) is 2. The van der Waals surface area contributed by atoms with E-state index in [4.69, 9.17) is 9.15 Å². The molecule has 172 valence electrons. The molecule has 4 aromatic rings. The van der Waals surface area contributed by atoms with E-state index in [0.29, 0.717) is 30.1 Å². The van der Waals surface area contributed by atoms with Crippen molar-refractivity contribution in [3.63, 3.8) is 0 Å². The van der Waals surface area contributed by atoms with Crippen LogP contribution in [0.15, 0.2) is 51.7 Å². The quantitative estimate of drug-likeness (QED) is 0.377. The second-order valence-electron chi connectivity index (χ2n) is 8.80. The molecular weight excluding hydrogens is 418 g/mol. The molecule has 0 saturated carbocycles. The summed E-state index contributed by atoms with van der Waals surface area (Å²) in [5.41, 5.74) is 3.65. The molecule has 2 N–H and O–H groups in total. The molecule has 0 bridgehead atoms. The molecule has 1 amide bonds. The zero-order chi connectivity index (χ0) is 23.5. The summed E-state index contributed by atoms with van der Waals surface area (Å²) in [6.07, 6.45) is 1.58. The number of ether oxygens (including phenoxy) is 1. The van der Waals surface area contributed by atoms with Gasteiger partial charge in [0.25, 0.3) is 0 Å². The first-order valence-corrected chi connectivity index (χ1v) is 11.2. The SMILES string of the molecule is COc1cc2oc(=O)cc(C)c2cc1CCC(=O)NC(CC(C)C)c1nc2ccccc2[nH]1. The van der Waals surface area contributed by atoms with Crippen LogP contribution >= 0.6 is 0 Å². The van der Waals surface area contributed by atoms with Gasteiger partial charge >= 0.3 is 5.63 Å². The highest BCUT2D eigenvalue weighted by molar-refractivity contribution is 5.83. The summed E-state index contributed by atoms with van der Waals surface area (Å²) in [6.45, 7) is 6.12. The second-order valence-corrected chi connectivity index (χ2v) is 8.80. The third-order valence-corrected chi connectivity index (χ3v) is 5.75. The number of hydrogen-bond acceptors (Lipinski definition) is 5. The number of benzene rings is 2. The van der Waals surface area contributed by atoms with Crippen molar-refractivity contribution in [3.8, 4) is 5.75 Å². The number of aromatic nitrogens is 2. The average Bonchev–Trinajstić information content (AvgIpc) is 3.21. The van der Waals surface area contributed by atoms with Crippen molar-refractivity contribution in [1.82, 2.24) is 15.3 Å². The van der Waals surface area contributed by atoms with Gasteiger partial charge in [0.2, 0.25) is 5.91 Å². The standard InChI is InChI=1S/C26H29N3O4/c1-15(2)11-21(26-28-19-7-5-6-8-20(19)29-26)27-24(30)10-9-17-13-18-16(3)12-25(31)33-23(18)14-22(17)32-4/h5-8,12-15,21H,9-11H2,1-4H3,(H,27,30)(H,28,29). The molecule has 0 aliphatic heterocycles. The van der Waals surface area contributed by atoms with Crippen LogP contribution in [0.1, 0.15) is 49.7 Å². The van der Waals surface area contributed by atoms with E-state index in [-0.39, 0.29) is 11.9 Å². The van der Waals surface area contributed by atoms with Gasteiger partial charge in [-0.25, -0.2) is 9.78 Å². The molecule has 4 rings (SSSR count). The van der Waals surface area contributed by atoms with Crippen molar-refractivity contribution < 1.29 is 13.9 Å². The molecule has 1 atom stereocenters. The van der Waals surface area contributed by atoms with Gasteiger partial charge in [-0.15, -0.1) is 0 Å². The zero-order valence-corrected chi connectivity index (χ0v) is 19.4. The summed E-state index contributed by atoms with van der Waals surface area (Å²) >= 11 is 0. The van der Waals surface area contributed by atoms with E-state index in [1.807, 2.05) is 37.3 Å². The number of methoxy groups -OCH3 is 1. The molecule has 1 unspecified atom stereocenters. The molecule has 2 aromatic heterocycles. The maximum Gasteiger partial charge on any atom is 0.336 e. The number of carbonyl (C=O) groups excluding carboxylic acids is 1. The minimum atomic E-state index is -0.393. The molecule has 0 aliphatic carbocycles. The first-order chi connectivity index (χ1) is 15.8. The van der Waals surface area contributed by atoms with Gasteiger partial charge in [-0.3, -0.25) is 4.79 Å². The first kappa shape index (κ1) is 22.6. The normalized spacial score (nSPS) is 12.4. The van der Waals surface area contributed by atoms with Crippen LogP contribution in [0.5, 0.6) is 5.75 Å². The molecule has 7 heteroatoms. The second kappa shape index (κ2) is 9.48. The number of aryl methyl sites for hydroxylation is 2. The Morgan fingerprint density at radius 1 is 1.21 bits per heavy atom. The van der Waals surface area contributed by atoms with Crippen molar-refractivity contribution >= 4 is 27.9 Å². The third kappa shape index (κ3) is 5.08. The lowest BCUT2D eigenvalue weighted by Gasteiger charge is -2.19. The van der Waals surface area contributed by atoms with Gasteiger partial charge in [0.1, 0.15) is 17.2 Å². The van der Waals surface area contributed by atoms with E-state index >= 15 is 0 Å².